The minimum absolute atomic E-state index is 0.0251. The van der Waals surface area contributed by atoms with E-state index in [9.17, 15) is 14.7 Å². The fourth-order valence-electron chi connectivity index (χ4n) is 6.79. The van der Waals surface area contributed by atoms with Crippen LogP contribution in [0.4, 0.5) is 5.69 Å². The number of carbonyl (C=O) groups is 1. The molecular weight excluding hydrogens is 560 g/mol. The number of carbonyl (C=O) groups excluding carboxylic acids is 1. The van der Waals surface area contributed by atoms with Crippen LogP contribution < -0.4 is 9.64 Å². The number of hydrogen-bond acceptors (Lipinski definition) is 7. The molecule has 5 rings (SSSR count). The number of fused-ring (bicyclic) bond motifs is 1. The molecule has 0 bridgehead atoms. The second kappa shape index (κ2) is 13.7. The fraction of sp³-hybridized carbons (Fsp3) is 0.545. The molecule has 1 aromatic heterocycles. The van der Waals surface area contributed by atoms with Crippen LogP contribution in [-0.2, 0) is 16.1 Å². The Kier molecular flexibility index (Phi) is 10.0. The van der Waals surface area contributed by atoms with Gasteiger partial charge in [-0.2, -0.15) is 0 Å². The van der Waals surface area contributed by atoms with E-state index in [1.54, 1.807) is 11.8 Å². The first-order chi connectivity index (χ1) is 20.7. The summed E-state index contributed by atoms with van der Waals surface area (Å²) >= 11 is 0. The number of rotatable bonds is 10. The summed E-state index contributed by atoms with van der Waals surface area (Å²) < 4.78 is 14.6. The molecule has 1 fully saturated rings. The van der Waals surface area contributed by atoms with Gasteiger partial charge in [-0.1, -0.05) is 55.3 Å². The zero-order chi connectivity index (χ0) is 30.6. The molecule has 3 aromatic rings. The van der Waals surface area contributed by atoms with E-state index in [1.165, 1.54) is 0 Å². The first kappa shape index (κ1) is 31.4. The van der Waals surface area contributed by atoms with Crippen molar-refractivity contribution in [1.82, 2.24) is 15.0 Å². The first-order valence-electron chi connectivity index (χ1n) is 15.6. The van der Waals surface area contributed by atoms with Crippen LogP contribution >= 0.6 is 0 Å². The van der Waals surface area contributed by atoms with Crippen molar-refractivity contribution in [3.8, 4) is 5.75 Å². The number of hydrogen-bond donors (Lipinski definition) is 2. The number of amides is 1. The van der Waals surface area contributed by atoms with Gasteiger partial charge in [-0.25, -0.2) is 0 Å². The fourth-order valence-corrected chi connectivity index (χ4v) is 8.80. The highest BCUT2D eigenvalue weighted by Crippen LogP contribution is 2.47. The van der Waals surface area contributed by atoms with Crippen LogP contribution in [0.2, 0.25) is 18.6 Å². The SMILES string of the molecule is CO[C@@H]1c2cc(N3CCCCCCC3=O)ccc2O[C@H](C(CCn2cc(C(CO)c3ccccc3)nn2)[Si](C)(C)O)[C@H]1C. The molecule has 0 spiro atoms. The monoisotopic (exact) mass is 606 g/mol. The summed E-state index contributed by atoms with van der Waals surface area (Å²) in [5.74, 6) is 0.657. The van der Waals surface area contributed by atoms with Crippen molar-refractivity contribution >= 4 is 19.9 Å². The second-order valence-corrected chi connectivity index (χ2v) is 16.7. The number of aromatic nitrogens is 3. The van der Waals surface area contributed by atoms with E-state index in [1.807, 2.05) is 66.7 Å². The van der Waals surface area contributed by atoms with E-state index in [2.05, 4.69) is 23.3 Å². The molecule has 2 aliphatic rings. The van der Waals surface area contributed by atoms with Crippen LogP contribution in [-0.4, -0.2) is 65.5 Å². The Labute approximate surface area is 256 Å². The Hall–Kier alpha value is -3.05. The number of anilines is 1. The van der Waals surface area contributed by atoms with Gasteiger partial charge in [-0.3, -0.25) is 9.48 Å². The van der Waals surface area contributed by atoms with Gasteiger partial charge in [0.2, 0.25) is 5.91 Å². The minimum atomic E-state index is -2.70. The molecule has 3 heterocycles. The normalized spacial score (nSPS) is 22.7. The molecule has 10 heteroatoms. The molecule has 232 valence electrons. The molecule has 0 saturated carbocycles. The lowest BCUT2D eigenvalue weighted by Gasteiger charge is -2.44. The average molecular weight is 607 g/mol. The number of aliphatic hydroxyl groups is 1. The number of aryl methyl sites for hydroxylation is 1. The van der Waals surface area contributed by atoms with Crippen LogP contribution in [0.15, 0.2) is 54.7 Å². The van der Waals surface area contributed by atoms with E-state index in [-0.39, 0.29) is 42.1 Å². The van der Waals surface area contributed by atoms with Gasteiger partial charge in [-0.15, -0.1) is 5.10 Å². The van der Waals surface area contributed by atoms with Gasteiger partial charge in [0.15, 0.2) is 8.32 Å². The molecule has 9 nitrogen and oxygen atoms in total. The molecule has 1 amide bonds. The van der Waals surface area contributed by atoms with Crippen LogP contribution in [0.5, 0.6) is 5.75 Å². The van der Waals surface area contributed by atoms with E-state index in [0.29, 0.717) is 19.4 Å². The Morgan fingerprint density at radius 2 is 1.88 bits per heavy atom. The topological polar surface area (TPSA) is 110 Å². The highest BCUT2D eigenvalue weighted by molar-refractivity contribution is 6.71. The maximum atomic E-state index is 12.9. The molecule has 2 aliphatic heterocycles. The van der Waals surface area contributed by atoms with Gasteiger partial charge in [0.05, 0.1) is 24.3 Å². The minimum Gasteiger partial charge on any atom is -0.490 e. The zero-order valence-electron chi connectivity index (χ0n) is 25.9. The third kappa shape index (κ3) is 7.03. The molecule has 0 aliphatic carbocycles. The standard InChI is InChI=1S/C33H46N4O5Si/c1-23-32(41-2)26-20-25(37-18-11-6-5-10-14-31(37)39)15-16-29(26)42-33(23)30(43(3,4)40)17-19-36-21-28(34-35-36)27(22-38)24-12-8-7-9-13-24/h7-9,12-13,15-16,20-21,23,27,30,32-33,38,40H,5-6,10-11,14,17-19,22H2,1-4H3/t23-,27?,30?,32-,33-/m0/s1. The van der Waals surface area contributed by atoms with E-state index in [4.69, 9.17) is 9.47 Å². The maximum absolute atomic E-state index is 12.9. The third-order valence-electron chi connectivity index (χ3n) is 9.22. The van der Waals surface area contributed by atoms with Crippen molar-refractivity contribution in [1.29, 1.82) is 0 Å². The van der Waals surface area contributed by atoms with Crippen molar-refractivity contribution < 1.29 is 24.2 Å². The molecule has 0 radical (unpaired) electrons. The molecule has 5 atom stereocenters. The van der Waals surface area contributed by atoms with Crippen LogP contribution in [0, 0.1) is 5.92 Å². The smallest absolute Gasteiger partial charge is 0.226 e. The van der Waals surface area contributed by atoms with Crippen molar-refractivity contribution in [2.75, 3.05) is 25.2 Å². The van der Waals surface area contributed by atoms with Crippen LogP contribution in [0.25, 0.3) is 0 Å². The largest absolute Gasteiger partial charge is 0.490 e. The Bertz CT molecular complexity index is 1360. The summed E-state index contributed by atoms with van der Waals surface area (Å²) in [5, 5.41) is 18.8. The van der Waals surface area contributed by atoms with Gasteiger partial charge < -0.3 is 24.3 Å². The average Bonchev–Trinajstić information content (AvgIpc) is 3.44. The molecule has 1 saturated heterocycles. The van der Waals surface area contributed by atoms with Gasteiger partial charge in [0.25, 0.3) is 0 Å². The Morgan fingerprint density at radius 1 is 1.12 bits per heavy atom. The van der Waals surface area contributed by atoms with Gasteiger partial charge >= 0.3 is 0 Å². The first-order valence-corrected chi connectivity index (χ1v) is 18.7. The Balaban J connectivity index is 1.35. The van der Waals surface area contributed by atoms with Crippen LogP contribution in [0.1, 0.15) is 74.3 Å². The summed E-state index contributed by atoms with van der Waals surface area (Å²) in [7, 11) is -0.979. The lowest BCUT2D eigenvalue weighted by molar-refractivity contribution is -0.118. The van der Waals surface area contributed by atoms with Crippen molar-refractivity contribution in [2.45, 2.75) is 88.8 Å². The summed E-state index contributed by atoms with van der Waals surface area (Å²) in [6, 6.07) is 15.8. The number of methoxy groups -OCH3 is 1. The van der Waals surface area contributed by atoms with Crippen molar-refractivity contribution in [3.63, 3.8) is 0 Å². The number of ether oxygens (including phenoxy) is 2. The van der Waals surface area contributed by atoms with Crippen LogP contribution in [0.3, 0.4) is 0 Å². The lowest BCUT2D eigenvalue weighted by Crippen LogP contribution is -2.48. The summed E-state index contributed by atoms with van der Waals surface area (Å²) in [6.07, 6.45) is 6.85. The highest BCUT2D eigenvalue weighted by atomic mass is 28.4. The van der Waals surface area contributed by atoms with E-state index >= 15 is 0 Å². The highest BCUT2D eigenvalue weighted by Gasteiger charge is 2.46. The summed E-state index contributed by atoms with van der Waals surface area (Å²) in [5.41, 5.74) is 3.46. The quantitative estimate of drug-likeness (QED) is 0.296. The van der Waals surface area contributed by atoms with E-state index in [0.717, 1.165) is 60.5 Å². The number of aliphatic hydroxyl groups excluding tert-OH is 1. The Morgan fingerprint density at radius 3 is 2.60 bits per heavy atom. The summed E-state index contributed by atoms with van der Waals surface area (Å²) in [4.78, 5) is 26.4. The predicted octanol–water partition coefficient (Wildman–Crippen LogP) is 5.44. The summed E-state index contributed by atoms with van der Waals surface area (Å²) in [6.45, 7) is 7.30. The van der Waals surface area contributed by atoms with Gasteiger partial charge in [0.1, 0.15) is 11.9 Å². The predicted molar refractivity (Wildman–Crippen MR) is 169 cm³/mol. The molecule has 2 aromatic carbocycles. The van der Waals surface area contributed by atoms with Crippen molar-refractivity contribution in [2.24, 2.45) is 5.92 Å². The molecular formula is C33H46N4O5Si. The number of benzene rings is 2. The zero-order valence-corrected chi connectivity index (χ0v) is 26.9. The second-order valence-electron chi connectivity index (χ2n) is 12.6. The van der Waals surface area contributed by atoms with Crippen molar-refractivity contribution in [3.05, 3.63) is 71.5 Å². The maximum Gasteiger partial charge on any atom is 0.226 e. The third-order valence-corrected chi connectivity index (χ3v) is 11.7. The van der Waals surface area contributed by atoms with Gasteiger partial charge in [-0.05, 0) is 56.1 Å². The lowest BCUT2D eigenvalue weighted by atomic mass is 9.86. The molecule has 2 N–H and O–H groups in total. The number of nitrogens with zero attached hydrogens (tertiary/aromatic N) is 4. The van der Waals surface area contributed by atoms with E-state index < -0.39 is 8.32 Å². The molecule has 2 unspecified atom stereocenters. The van der Waals surface area contributed by atoms with Gasteiger partial charge in [0, 0.05) is 55.5 Å². The molecule has 43 heavy (non-hydrogen) atoms.